The number of hydrogen-bond acceptors (Lipinski definition) is 6. The van der Waals surface area contributed by atoms with Crippen LogP contribution in [0, 0.1) is 0 Å². The average molecular weight is 335 g/mol. The number of carbonyl (C=O) groups is 3. The molecule has 9 nitrogen and oxygen atoms in total. The molecule has 3 saturated heterocycles. The molecular formula is C10H13N3O6S2. The summed E-state index contributed by atoms with van der Waals surface area (Å²) in [6, 6.07) is -2.70. The van der Waals surface area contributed by atoms with Crippen molar-refractivity contribution in [2.45, 2.75) is 31.0 Å². The van der Waals surface area contributed by atoms with Crippen molar-refractivity contribution in [3.63, 3.8) is 0 Å². The van der Waals surface area contributed by atoms with Gasteiger partial charge in [-0.05, 0) is 12.8 Å². The van der Waals surface area contributed by atoms with Crippen molar-refractivity contribution in [2.24, 2.45) is 0 Å². The van der Waals surface area contributed by atoms with Gasteiger partial charge in [-0.3, -0.25) is 14.1 Å². The van der Waals surface area contributed by atoms with E-state index >= 15 is 0 Å². The summed E-state index contributed by atoms with van der Waals surface area (Å²) >= 11 is 1.15. The van der Waals surface area contributed by atoms with Gasteiger partial charge in [0.2, 0.25) is 5.12 Å². The zero-order valence-electron chi connectivity index (χ0n) is 10.8. The molecule has 21 heavy (non-hydrogen) atoms. The maximum absolute atomic E-state index is 12.1. The maximum atomic E-state index is 12.1. The molecule has 3 rings (SSSR count). The van der Waals surface area contributed by atoms with Gasteiger partial charge in [-0.15, -0.1) is 0 Å². The number of fused-ring (bicyclic) bond motifs is 1. The van der Waals surface area contributed by atoms with Gasteiger partial charge in [0.1, 0.15) is 12.1 Å². The van der Waals surface area contributed by atoms with Gasteiger partial charge < -0.3 is 10.2 Å². The Morgan fingerprint density at radius 3 is 2.62 bits per heavy atom. The highest BCUT2D eigenvalue weighted by Gasteiger charge is 2.60. The minimum atomic E-state index is -4.58. The highest BCUT2D eigenvalue weighted by Crippen LogP contribution is 2.35. The van der Waals surface area contributed by atoms with E-state index in [9.17, 15) is 22.8 Å². The van der Waals surface area contributed by atoms with E-state index in [1.165, 1.54) is 4.90 Å². The summed E-state index contributed by atoms with van der Waals surface area (Å²) in [6.07, 6.45) is 0.819. The Morgan fingerprint density at radius 2 is 2.05 bits per heavy atom. The van der Waals surface area contributed by atoms with Crippen LogP contribution in [0.25, 0.3) is 0 Å². The Bertz CT molecular complexity index is 620. The molecule has 0 aromatic rings. The van der Waals surface area contributed by atoms with Crippen molar-refractivity contribution in [3.05, 3.63) is 0 Å². The lowest BCUT2D eigenvalue weighted by molar-refractivity contribution is -0.143. The second-order valence-electron chi connectivity index (χ2n) is 5.06. The van der Waals surface area contributed by atoms with Gasteiger partial charge >= 0.3 is 16.3 Å². The number of thioether (sulfide) groups is 1. The molecule has 3 aliphatic heterocycles. The number of hydrogen-bond donors (Lipinski definition) is 2. The third-order valence-corrected chi connectivity index (χ3v) is 5.84. The van der Waals surface area contributed by atoms with Crippen molar-refractivity contribution in [1.29, 1.82) is 0 Å². The fourth-order valence-corrected chi connectivity index (χ4v) is 4.73. The molecule has 3 heterocycles. The minimum Gasteiger partial charge on any atom is -0.327 e. The first kappa shape index (κ1) is 14.6. The fourth-order valence-electron chi connectivity index (χ4n) is 2.90. The Kier molecular flexibility index (Phi) is 3.37. The fraction of sp³-hybridized carbons (Fsp3) is 0.700. The van der Waals surface area contributed by atoms with Crippen LogP contribution in [0.5, 0.6) is 0 Å². The number of amides is 3. The van der Waals surface area contributed by atoms with Crippen molar-refractivity contribution in [3.8, 4) is 0 Å². The number of nitrogens with one attached hydrogen (secondary N) is 1. The molecule has 3 fully saturated rings. The molecule has 0 aromatic carbocycles. The molecular weight excluding hydrogens is 322 g/mol. The summed E-state index contributed by atoms with van der Waals surface area (Å²) in [5, 5.41) is 2.45. The van der Waals surface area contributed by atoms with Crippen molar-refractivity contribution in [2.75, 3.05) is 12.3 Å². The Hall–Kier alpha value is -1.33. The van der Waals surface area contributed by atoms with Gasteiger partial charge in [-0.2, -0.15) is 8.42 Å². The Labute approximate surface area is 124 Å². The smallest absolute Gasteiger partial charge is 0.327 e. The molecule has 0 aliphatic carbocycles. The van der Waals surface area contributed by atoms with Crippen LogP contribution >= 0.6 is 11.8 Å². The van der Waals surface area contributed by atoms with E-state index in [1.54, 1.807) is 0 Å². The maximum Gasteiger partial charge on any atom is 0.362 e. The number of nitrogens with zero attached hydrogens (tertiary/aromatic N) is 2. The summed E-state index contributed by atoms with van der Waals surface area (Å²) < 4.78 is 31.5. The largest absolute Gasteiger partial charge is 0.362 e. The summed E-state index contributed by atoms with van der Waals surface area (Å²) in [5.41, 5.74) is 0. The van der Waals surface area contributed by atoms with Gasteiger partial charge in [0, 0.05) is 12.3 Å². The molecule has 3 amide bonds. The zero-order valence-corrected chi connectivity index (χ0v) is 12.4. The Morgan fingerprint density at radius 1 is 1.33 bits per heavy atom. The summed E-state index contributed by atoms with van der Waals surface area (Å²) in [4.78, 5) is 36.6. The van der Waals surface area contributed by atoms with Crippen LogP contribution in [0.15, 0.2) is 0 Å². The van der Waals surface area contributed by atoms with Crippen LogP contribution in [0.3, 0.4) is 0 Å². The van der Waals surface area contributed by atoms with Gasteiger partial charge in [-0.1, -0.05) is 11.8 Å². The topological polar surface area (TPSA) is 124 Å². The van der Waals surface area contributed by atoms with E-state index in [4.69, 9.17) is 4.55 Å². The van der Waals surface area contributed by atoms with Crippen molar-refractivity contribution >= 4 is 39.1 Å². The molecule has 0 aromatic heterocycles. The molecule has 116 valence electrons. The minimum absolute atomic E-state index is 0.112. The van der Waals surface area contributed by atoms with Crippen LogP contribution in [0.4, 0.5) is 4.79 Å². The number of carbonyl (C=O) groups excluding carboxylic acids is 3. The molecule has 1 unspecified atom stereocenters. The lowest BCUT2D eigenvalue weighted by Crippen LogP contribution is -2.69. The average Bonchev–Trinajstić information content (AvgIpc) is 2.92. The second kappa shape index (κ2) is 4.85. The highest BCUT2D eigenvalue weighted by atomic mass is 32.2. The molecule has 11 heteroatoms. The zero-order chi connectivity index (χ0) is 15.4. The molecule has 0 radical (unpaired) electrons. The van der Waals surface area contributed by atoms with Crippen LogP contribution in [-0.4, -0.2) is 69.7 Å². The number of urea groups is 1. The van der Waals surface area contributed by atoms with E-state index < -0.39 is 40.4 Å². The standard InChI is InChI=1S/C10H13N3O6S2/c14-8-7-6(13(8)21(17,18)19)1-3-12(7)10(16)11-5-2-4-20-9(5)15/h5-7H,1-4H2,(H,11,16)(H,17,18,19)/t5?,6-,7-/m1/s1. The van der Waals surface area contributed by atoms with Crippen LogP contribution < -0.4 is 5.32 Å². The molecule has 3 aliphatic rings. The van der Waals surface area contributed by atoms with Crippen LogP contribution in [-0.2, 0) is 19.9 Å². The summed E-state index contributed by atoms with van der Waals surface area (Å²) in [7, 11) is -4.58. The van der Waals surface area contributed by atoms with Crippen LogP contribution in [0.2, 0.25) is 0 Å². The highest BCUT2D eigenvalue weighted by molar-refractivity contribution is 8.14. The second-order valence-corrected chi connectivity index (χ2v) is 7.45. The Balaban J connectivity index is 1.68. The number of likely N-dealkylation sites (tertiary alicyclic amines) is 1. The van der Waals surface area contributed by atoms with Crippen molar-refractivity contribution < 1.29 is 27.4 Å². The predicted octanol–water partition coefficient (Wildman–Crippen LogP) is -1.18. The normalized spacial score (nSPS) is 32.1. The van der Waals surface area contributed by atoms with Gasteiger partial charge in [0.05, 0.1) is 6.04 Å². The SMILES string of the molecule is O=C1SCCC1NC(=O)N1CC[C@@H]2[C@@H]1C(=O)N2S(=O)(=O)O. The van der Waals surface area contributed by atoms with Crippen molar-refractivity contribution in [1.82, 2.24) is 14.5 Å². The lowest BCUT2D eigenvalue weighted by atomic mass is 10.0. The quantitative estimate of drug-likeness (QED) is 0.480. The summed E-state index contributed by atoms with van der Waals surface area (Å²) in [6.45, 7) is 0.201. The van der Waals surface area contributed by atoms with Gasteiger partial charge in [-0.25, -0.2) is 9.10 Å². The van der Waals surface area contributed by atoms with Crippen LogP contribution in [0.1, 0.15) is 12.8 Å². The first-order valence-corrected chi connectivity index (χ1v) is 8.73. The van der Waals surface area contributed by atoms with Gasteiger partial charge in [0.25, 0.3) is 5.91 Å². The van der Waals surface area contributed by atoms with Gasteiger partial charge in [0.15, 0.2) is 0 Å². The summed E-state index contributed by atoms with van der Waals surface area (Å²) in [5.74, 6) is -0.173. The van der Waals surface area contributed by atoms with E-state index in [0.29, 0.717) is 16.5 Å². The van der Waals surface area contributed by atoms with E-state index in [1.807, 2.05) is 0 Å². The lowest BCUT2D eigenvalue weighted by Gasteiger charge is -2.42. The molecule has 3 atom stereocenters. The van der Waals surface area contributed by atoms with E-state index in [0.717, 1.165) is 11.8 Å². The first-order chi connectivity index (χ1) is 9.80. The monoisotopic (exact) mass is 335 g/mol. The molecule has 0 bridgehead atoms. The first-order valence-electron chi connectivity index (χ1n) is 6.35. The number of β-lactam (4-membered cyclic amide) rings is 1. The van der Waals surface area contributed by atoms with E-state index in [2.05, 4.69) is 5.32 Å². The third-order valence-electron chi connectivity index (χ3n) is 3.88. The molecule has 0 spiro atoms. The molecule has 2 N–H and O–H groups in total. The van der Waals surface area contributed by atoms with E-state index in [-0.39, 0.29) is 18.1 Å². The third kappa shape index (κ3) is 2.28. The predicted molar refractivity (Wildman–Crippen MR) is 71.7 cm³/mol. The number of rotatable bonds is 2. The molecule has 0 saturated carbocycles.